The quantitative estimate of drug-likeness (QED) is 0.663. The van der Waals surface area contributed by atoms with Crippen LogP contribution in [0.5, 0.6) is 0 Å². The van der Waals surface area contributed by atoms with E-state index in [0.29, 0.717) is 23.9 Å². The lowest BCUT2D eigenvalue weighted by molar-refractivity contribution is 0.388. The van der Waals surface area contributed by atoms with E-state index < -0.39 is 15.6 Å². The molecule has 128 valence electrons. The van der Waals surface area contributed by atoms with Gasteiger partial charge >= 0.3 is 5.63 Å². The minimum atomic E-state index is -3.91. The Kier molecular flexibility index (Phi) is 3.74. The molecule has 0 atom stereocenters. The van der Waals surface area contributed by atoms with Crippen molar-refractivity contribution in [2.75, 3.05) is 6.54 Å². The Morgan fingerprint density at radius 1 is 1.04 bits per heavy atom. The van der Waals surface area contributed by atoms with E-state index in [1.807, 2.05) is 43.3 Å². The molecule has 1 aliphatic rings. The highest BCUT2D eigenvalue weighted by Gasteiger charge is 2.31. The third-order valence-corrected chi connectivity index (χ3v) is 6.40. The monoisotopic (exact) mass is 355 g/mol. The third kappa shape index (κ3) is 2.77. The fourth-order valence-corrected chi connectivity index (χ4v) is 4.66. The smallest absolute Gasteiger partial charge is 0.356 e. The summed E-state index contributed by atoms with van der Waals surface area (Å²) in [6, 6.07) is 14.5. The highest BCUT2D eigenvalue weighted by Crippen LogP contribution is 2.25. The topological polar surface area (TPSA) is 67.6 Å². The molecule has 0 bridgehead atoms. The van der Waals surface area contributed by atoms with Crippen molar-refractivity contribution < 1.29 is 12.8 Å². The number of aryl methyl sites for hydroxylation is 1. The molecule has 0 saturated heterocycles. The van der Waals surface area contributed by atoms with Crippen LogP contribution in [0.15, 0.2) is 62.6 Å². The molecule has 1 aromatic heterocycles. The van der Waals surface area contributed by atoms with E-state index in [-0.39, 0.29) is 11.4 Å². The van der Waals surface area contributed by atoms with Crippen LogP contribution >= 0.6 is 0 Å². The normalized spacial score (nSPS) is 15.2. The van der Waals surface area contributed by atoms with Crippen molar-refractivity contribution in [1.82, 2.24) is 4.31 Å². The van der Waals surface area contributed by atoms with Gasteiger partial charge in [-0.05, 0) is 42.7 Å². The molecule has 25 heavy (non-hydrogen) atoms. The third-order valence-electron chi connectivity index (χ3n) is 4.57. The molecule has 0 spiro atoms. The molecule has 0 fully saturated rings. The molecule has 6 heteroatoms. The Bertz CT molecular complexity index is 1130. The van der Waals surface area contributed by atoms with Crippen LogP contribution in [-0.4, -0.2) is 19.3 Å². The van der Waals surface area contributed by atoms with E-state index in [1.54, 1.807) is 6.07 Å². The van der Waals surface area contributed by atoms with E-state index in [4.69, 9.17) is 4.42 Å². The summed E-state index contributed by atoms with van der Waals surface area (Å²) < 4.78 is 32.6. The van der Waals surface area contributed by atoms with Gasteiger partial charge in [0.2, 0.25) is 0 Å². The molecule has 0 unspecified atom stereocenters. The largest absolute Gasteiger partial charge is 0.422 e. The van der Waals surface area contributed by atoms with E-state index in [0.717, 1.165) is 16.7 Å². The molecular weight excluding hydrogens is 338 g/mol. The first-order valence-electron chi connectivity index (χ1n) is 8.06. The Morgan fingerprint density at radius 3 is 2.60 bits per heavy atom. The van der Waals surface area contributed by atoms with Crippen LogP contribution in [0.1, 0.15) is 16.7 Å². The summed E-state index contributed by atoms with van der Waals surface area (Å²) in [5.74, 6) is 0. The highest BCUT2D eigenvalue weighted by atomic mass is 32.2. The SMILES string of the molecule is Cc1ccc2oc(=O)c(S(=O)(=O)N3CCc4ccccc4C3)cc2c1. The van der Waals surface area contributed by atoms with Crippen molar-refractivity contribution >= 4 is 21.0 Å². The van der Waals surface area contributed by atoms with Crippen LogP contribution in [0.25, 0.3) is 11.0 Å². The molecule has 0 N–H and O–H groups in total. The van der Waals surface area contributed by atoms with Gasteiger partial charge < -0.3 is 4.42 Å². The molecule has 1 aliphatic heterocycles. The number of benzene rings is 2. The molecule has 2 aromatic carbocycles. The average molecular weight is 355 g/mol. The summed E-state index contributed by atoms with van der Waals surface area (Å²) in [4.78, 5) is 12.0. The Hall–Kier alpha value is -2.44. The number of hydrogen-bond acceptors (Lipinski definition) is 4. The summed E-state index contributed by atoms with van der Waals surface area (Å²) in [5.41, 5.74) is 2.65. The van der Waals surface area contributed by atoms with E-state index in [1.165, 1.54) is 10.4 Å². The number of nitrogens with zero attached hydrogens (tertiary/aromatic N) is 1. The minimum absolute atomic E-state index is 0.268. The second kappa shape index (κ2) is 5.82. The summed E-state index contributed by atoms with van der Waals surface area (Å²) in [6.07, 6.45) is 0.632. The van der Waals surface area contributed by atoms with Crippen LogP contribution in [0.4, 0.5) is 0 Å². The molecule has 0 aliphatic carbocycles. The molecular formula is C19H17NO4S. The van der Waals surface area contributed by atoms with E-state index >= 15 is 0 Å². The van der Waals surface area contributed by atoms with Crippen molar-refractivity contribution in [3.63, 3.8) is 0 Å². The van der Waals surface area contributed by atoms with E-state index in [9.17, 15) is 13.2 Å². The summed E-state index contributed by atoms with van der Waals surface area (Å²) >= 11 is 0. The van der Waals surface area contributed by atoms with Crippen molar-refractivity contribution in [2.24, 2.45) is 0 Å². The predicted octanol–water partition coefficient (Wildman–Crippen LogP) is 2.85. The molecule has 3 aromatic rings. The Balaban J connectivity index is 1.79. The lowest BCUT2D eigenvalue weighted by Crippen LogP contribution is -2.37. The van der Waals surface area contributed by atoms with Gasteiger partial charge in [0.15, 0.2) is 4.90 Å². The molecule has 4 rings (SSSR count). The summed E-state index contributed by atoms with van der Waals surface area (Å²) in [5, 5.41) is 0.607. The zero-order valence-electron chi connectivity index (χ0n) is 13.7. The molecule has 0 radical (unpaired) electrons. The van der Waals surface area contributed by atoms with Gasteiger partial charge in [-0.2, -0.15) is 4.31 Å². The van der Waals surface area contributed by atoms with Crippen LogP contribution in [0, 0.1) is 6.92 Å². The fraction of sp³-hybridized carbons (Fsp3) is 0.211. The zero-order chi connectivity index (χ0) is 17.6. The van der Waals surface area contributed by atoms with Crippen molar-refractivity contribution in [2.45, 2.75) is 24.8 Å². The second-order valence-electron chi connectivity index (χ2n) is 6.30. The van der Waals surface area contributed by atoms with Gasteiger partial charge in [-0.15, -0.1) is 0 Å². The van der Waals surface area contributed by atoms with Gasteiger partial charge in [-0.1, -0.05) is 35.9 Å². The Labute approximate surface area is 145 Å². The molecule has 0 saturated carbocycles. The lowest BCUT2D eigenvalue weighted by Gasteiger charge is -2.27. The van der Waals surface area contributed by atoms with Gasteiger partial charge in [0, 0.05) is 18.5 Å². The number of rotatable bonds is 2. The summed E-state index contributed by atoms with van der Waals surface area (Å²) in [7, 11) is -3.91. The van der Waals surface area contributed by atoms with Crippen molar-refractivity contribution in [3.8, 4) is 0 Å². The highest BCUT2D eigenvalue weighted by molar-refractivity contribution is 7.89. The maximum atomic E-state index is 13.0. The van der Waals surface area contributed by atoms with Crippen LogP contribution in [-0.2, 0) is 23.0 Å². The van der Waals surface area contributed by atoms with Crippen molar-refractivity contribution in [1.29, 1.82) is 0 Å². The summed E-state index contributed by atoms with van der Waals surface area (Å²) in [6.45, 7) is 2.52. The van der Waals surface area contributed by atoms with Gasteiger partial charge in [0.25, 0.3) is 10.0 Å². The maximum Gasteiger partial charge on any atom is 0.356 e. The lowest BCUT2D eigenvalue weighted by atomic mass is 10.0. The molecule has 2 heterocycles. The van der Waals surface area contributed by atoms with Crippen LogP contribution in [0.2, 0.25) is 0 Å². The van der Waals surface area contributed by atoms with Crippen LogP contribution in [0.3, 0.4) is 0 Å². The van der Waals surface area contributed by atoms with Gasteiger partial charge in [0.05, 0.1) is 0 Å². The predicted molar refractivity (Wildman–Crippen MR) is 95.0 cm³/mol. The molecule has 5 nitrogen and oxygen atoms in total. The first-order chi connectivity index (χ1) is 11.9. The average Bonchev–Trinajstić information content (AvgIpc) is 2.61. The van der Waals surface area contributed by atoms with Gasteiger partial charge in [-0.25, -0.2) is 13.2 Å². The van der Waals surface area contributed by atoms with Gasteiger partial charge in [-0.3, -0.25) is 0 Å². The zero-order valence-corrected chi connectivity index (χ0v) is 14.5. The molecule has 0 amide bonds. The first kappa shape index (κ1) is 16.1. The van der Waals surface area contributed by atoms with Gasteiger partial charge in [0.1, 0.15) is 5.58 Å². The van der Waals surface area contributed by atoms with E-state index in [2.05, 4.69) is 0 Å². The second-order valence-corrected chi connectivity index (χ2v) is 8.20. The Morgan fingerprint density at radius 2 is 1.80 bits per heavy atom. The number of sulfonamides is 1. The van der Waals surface area contributed by atoms with Crippen molar-refractivity contribution in [3.05, 3.63) is 75.6 Å². The number of fused-ring (bicyclic) bond motifs is 2. The number of hydrogen-bond donors (Lipinski definition) is 0. The minimum Gasteiger partial charge on any atom is -0.422 e. The maximum absolute atomic E-state index is 13.0. The fourth-order valence-electron chi connectivity index (χ4n) is 3.22. The van der Waals surface area contributed by atoms with Crippen LogP contribution < -0.4 is 5.63 Å². The first-order valence-corrected chi connectivity index (χ1v) is 9.50. The standard InChI is InChI=1S/C19H17NO4S/c1-13-6-7-17-16(10-13)11-18(19(21)24-17)25(22,23)20-9-8-14-4-2-3-5-15(14)12-20/h2-7,10-11H,8-9,12H2,1H3.